The van der Waals surface area contributed by atoms with Gasteiger partial charge in [-0.1, -0.05) is 12.1 Å². The zero-order valence-electron chi connectivity index (χ0n) is 23.7. The summed E-state index contributed by atoms with van der Waals surface area (Å²) in [5.41, 5.74) is 4.98. The molecule has 0 unspecified atom stereocenters. The molecule has 40 heavy (non-hydrogen) atoms. The maximum Gasteiger partial charge on any atom is 0.229 e. The molecule has 5 rings (SSSR count). The average molecular weight is 545 g/mol. The number of anilines is 5. The smallest absolute Gasteiger partial charge is 0.229 e. The van der Waals surface area contributed by atoms with E-state index in [0.717, 1.165) is 73.0 Å². The van der Waals surface area contributed by atoms with Gasteiger partial charge in [-0.25, -0.2) is 4.98 Å². The second kappa shape index (κ2) is 13.0. The van der Waals surface area contributed by atoms with Crippen LogP contribution >= 0.6 is 0 Å². The molecule has 0 saturated carbocycles. The van der Waals surface area contributed by atoms with Crippen LogP contribution < -0.4 is 30.9 Å². The molecule has 0 aliphatic carbocycles. The molecule has 2 aliphatic heterocycles. The number of methoxy groups -OCH3 is 1. The minimum Gasteiger partial charge on any atom is -0.494 e. The van der Waals surface area contributed by atoms with Crippen molar-refractivity contribution in [3.8, 4) is 5.75 Å². The van der Waals surface area contributed by atoms with Crippen molar-refractivity contribution in [3.05, 3.63) is 59.8 Å². The molecule has 10 nitrogen and oxygen atoms in total. The van der Waals surface area contributed by atoms with Crippen molar-refractivity contribution in [1.82, 2.24) is 20.2 Å². The molecular weight excluding hydrogens is 504 g/mol. The van der Waals surface area contributed by atoms with Crippen LogP contribution in [0.25, 0.3) is 0 Å². The Morgan fingerprint density at radius 3 is 2.80 bits per heavy atom. The van der Waals surface area contributed by atoms with Crippen LogP contribution in [-0.2, 0) is 17.8 Å². The maximum absolute atomic E-state index is 11.8. The minimum atomic E-state index is 0.0311. The lowest BCUT2D eigenvalue weighted by Gasteiger charge is -2.34. The monoisotopic (exact) mass is 544 g/mol. The summed E-state index contributed by atoms with van der Waals surface area (Å²) < 4.78 is 5.73. The predicted octanol–water partition coefficient (Wildman–Crippen LogP) is 3.85. The van der Waals surface area contributed by atoms with Gasteiger partial charge in [0.25, 0.3) is 0 Å². The zero-order chi connectivity index (χ0) is 27.9. The number of nitrogens with one attached hydrogen (secondary N) is 4. The van der Waals surface area contributed by atoms with Gasteiger partial charge >= 0.3 is 0 Å². The van der Waals surface area contributed by atoms with E-state index >= 15 is 0 Å². The van der Waals surface area contributed by atoms with Crippen LogP contribution in [0.2, 0.25) is 0 Å². The van der Waals surface area contributed by atoms with Crippen molar-refractivity contribution < 1.29 is 9.53 Å². The number of ether oxygens (including phenoxy) is 1. The minimum absolute atomic E-state index is 0.0311. The van der Waals surface area contributed by atoms with Gasteiger partial charge in [0.1, 0.15) is 11.6 Å². The highest BCUT2D eigenvalue weighted by molar-refractivity contribution is 5.99. The summed E-state index contributed by atoms with van der Waals surface area (Å²) in [4.78, 5) is 25.5. The second-order valence-electron chi connectivity index (χ2n) is 10.7. The number of carbonyl (C=O) groups excluding carboxylic acids is 1. The van der Waals surface area contributed by atoms with Crippen molar-refractivity contribution in [2.24, 2.45) is 0 Å². The van der Waals surface area contributed by atoms with E-state index in [2.05, 4.69) is 67.3 Å². The summed E-state index contributed by atoms with van der Waals surface area (Å²) in [6, 6.07) is 14.6. The number of amides is 1. The highest BCUT2D eigenvalue weighted by Crippen LogP contribution is 2.33. The fraction of sp³-hybridized carbons (Fsp3) is 0.433. The Labute approximate surface area is 236 Å². The number of rotatable bonds is 12. The number of hydrogen-bond donors (Lipinski definition) is 4. The fourth-order valence-corrected chi connectivity index (χ4v) is 5.33. The first-order valence-corrected chi connectivity index (χ1v) is 14.0. The van der Waals surface area contributed by atoms with Gasteiger partial charge in [-0.05, 0) is 81.8 Å². The number of hydrogen-bond acceptors (Lipinski definition) is 9. The average Bonchev–Trinajstić information content (AvgIpc) is 3.36. The van der Waals surface area contributed by atoms with Crippen LogP contribution in [0.1, 0.15) is 30.4 Å². The summed E-state index contributed by atoms with van der Waals surface area (Å²) in [6.45, 7) is 4.80. The fourth-order valence-electron chi connectivity index (χ4n) is 5.33. The summed E-state index contributed by atoms with van der Waals surface area (Å²) in [6.07, 6.45) is 5.58. The molecule has 10 heteroatoms. The maximum atomic E-state index is 11.8. The quantitative estimate of drug-likeness (QED) is 0.253. The highest BCUT2D eigenvalue weighted by atomic mass is 16.5. The molecule has 4 N–H and O–H groups in total. The van der Waals surface area contributed by atoms with Crippen LogP contribution in [0.5, 0.6) is 5.75 Å². The zero-order valence-corrected chi connectivity index (χ0v) is 23.7. The Balaban J connectivity index is 1.16. The van der Waals surface area contributed by atoms with E-state index in [9.17, 15) is 4.79 Å². The van der Waals surface area contributed by atoms with Gasteiger partial charge in [0.15, 0.2) is 0 Å². The van der Waals surface area contributed by atoms with Crippen molar-refractivity contribution in [2.45, 2.75) is 38.3 Å². The molecule has 2 aliphatic rings. The lowest BCUT2D eigenvalue weighted by atomic mass is 10.0. The lowest BCUT2D eigenvalue weighted by molar-refractivity contribution is -0.115. The largest absolute Gasteiger partial charge is 0.494 e. The lowest BCUT2D eigenvalue weighted by Crippen LogP contribution is -2.43. The predicted molar refractivity (Wildman–Crippen MR) is 161 cm³/mol. The highest BCUT2D eigenvalue weighted by Gasteiger charge is 2.21. The second-order valence-corrected chi connectivity index (χ2v) is 10.7. The Hall–Kier alpha value is -3.89. The molecule has 1 saturated heterocycles. The van der Waals surface area contributed by atoms with E-state index in [1.165, 1.54) is 6.42 Å². The number of aromatic nitrogens is 2. The van der Waals surface area contributed by atoms with Crippen molar-refractivity contribution in [3.63, 3.8) is 0 Å². The van der Waals surface area contributed by atoms with E-state index in [-0.39, 0.29) is 5.91 Å². The Kier molecular flexibility index (Phi) is 8.98. The summed E-state index contributed by atoms with van der Waals surface area (Å²) >= 11 is 0. The molecule has 3 aromatic rings. The van der Waals surface area contributed by atoms with Gasteiger partial charge in [0.05, 0.1) is 19.2 Å². The molecule has 212 valence electrons. The molecule has 2 aromatic carbocycles. The normalized spacial score (nSPS) is 15.2. The third-order valence-electron chi connectivity index (χ3n) is 7.51. The topological polar surface area (TPSA) is 107 Å². The molecule has 1 aromatic heterocycles. The molecule has 1 amide bonds. The van der Waals surface area contributed by atoms with E-state index in [1.54, 1.807) is 13.3 Å². The van der Waals surface area contributed by atoms with Crippen LogP contribution in [0.3, 0.4) is 0 Å². The first-order valence-electron chi connectivity index (χ1n) is 14.0. The number of benzene rings is 2. The van der Waals surface area contributed by atoms with Crippen molar-refractivity contribution in [1.29, 1.82) is 0 Å². The molecule has 0 radical (unpaired) electrons. The third kappa shape index (κ3) is 7.00. The van der Waals surface area contributed by atoms with Gasteiger partial charge < -0.3 is 35.8 Å². The van der Waals surface area contributed by atoms with Gasteiger partial charge in [-0.15, -0.1) is 0 Å². The molecular formula is C30H40N8O2. The Morgan fingerprint density at radius 1 is 1.15 bits per heavy atom. The van der Waals surface area contributed by atoms with E-state index in [0.29, 0.717) is 30.8 Å². The van der Waals surface area contributed by atoms with Gasteiger partial charge in [0, 0.05) is 49.3 Å². The standard InChI is InChI=1S/C30H40N8O2/c1-37(2)15-5-13-31-22-11-16-38(17-12-22)23-8-9-26(27(18-23)40-3)35-30-32-14-10-28(36-30)33-20-21-6-4-7-25-24(21)19-29(39)34-25/h4,6-10,14,18,22,31H,5,11-13,15-17,19-20H2,1-3H3,(H,34,39)(H2,32,33,35,36). The Morgan fingerprint density at radius 2 is 2.00 bits per heavy atom. The first-order chi connectivity index (χ1) is 19.5. The summed E-state index contributed by atoms with van der Waals surface area (Å²) in [7, 11) is 5.93. The molecule has 1 fully saturated rings. The van der Waals surface area contributed by atoms with Gasteiger partial charge in [0.2, 0.25) is 11.9 Å². The van der Waals surface area contributed by atoms with Crippen LogP contribution in [0.15, 0.2) is 48.7 Å². The van der Waals surface area contributed by atoms with E-state index < -0.39 is 0 Å². The molecule has 3 heterocycles. The number of nitrogens with zero attached hydrogens (tertiary/aromatic N) is 4. The van der Waals surface area contributed by atoms with Gasteiger partial charge in [-0.2, -0.15) is 4.98 Å². The number of fused-ring (bicyclic) bond motifs is 1. The van der Waals surface area contributed by atoms with Crippen molar-refractivity contribution >= 4 is 34.7 Å². The molecule has 0 bridgehead atoms. The SMILES string of the molecule is COc1cc(N2CCC(NCCCN(C)C)CC2)ccc1Nc1nccc(NCc2cccc3c2CC(=O)N3)n1. The summed E-state index contributed by atoms with van der Waals surface area (Å²) in [5, 5.41) is 13.3. The van der Waals surface area contributed by atoms with Crippen LogP contribution in [-0.4, -0.2) is 74.2 Å². The van der Waals surface area contributed by atoms with Crippen molar-refractivity contribution in [2.75, 3.05) is 68.2 Å². The molecule has 0 spiro atoms. The van der Waals surface area contributed by atoms with E-state index in [4.69, 9.17) is 4.74 Å². The van der Waals surface area contributed by atoms with Gasteiger partial charge in [-0.3, -0.25) is 4.79 Å². The summed E-state index contributed by atoms with van der Waals surface area (Å²) in [5.74, 6) is 1.96. The molecule has 0 atom stereocenters. The van der Waals surface area contributed by atoms with Crippen LogP contribution in [0.4, 0.5) is 28.8 Å². The number of piperidine rings is 1. The first kappa shape index (κ1) is 27.7. The van der Waals surface area contributed by atoms with E-state index in [1.807, 2.05) is 30.3 Å². The van der Waals surface area contributed by atoms with Crippen LogP contribution in [0, 0.1) is 0 Å². The number of carbonyl (C=O) groups is 1. The Bertz CT molecular complexity index is 1310. The third-order valence-corrected chi connectivity index (χ3v) is 7.51.